The summed E-state index contributed by atoms with van der Waals surface area (Å²) in [6.45, 7) is 5.19. The van der Waals surface area contributed by atoms with E-state index in [9.17, 15) is 9.59 Å². The molecule has 0 radical (unpaired) electrons. The van der Waals surface area contributed by atoms with E-state index < -0.39 is 17.5 Å². The molecule has 7 nitrogen and oxygen atoms in total. The lowest BCUT2D eigenvalue weighted by molar-refractivity contribution is -0.177. The van der Waals surface area contributed by atoms with E-state index in [-0.39, 0.29) is 6.54 Å². The molecule has 0 amide bonds. The summed E-state index contributed by atoms with van der Waals surface area (Å²) < 4.78 is 19.7. The largest absolute Gasteiger partial charge is 0.466 e. The smallest absolute Gasteiger partial charge is 0.349 e. The monoisotopic (exact) mass is 291 g/mol. The van der Waals surface area contributed by atoms with Gasteiger partial charge in [-0.15, -0.1) is 0 Å². The molecular formula is C13H25NO6. The van der Waals surface area contributed by atoms with Crippen LogP contribution in [0.15, 0.2) is 0 Å². The molecule has 0 rings (SSSR count). The van der Waals surface area contributed by atoms with E-state index >= 15 is 0 Å². The average Bonchev–Trinajstić information content (AvgIpc) is 2.40. The van der Waals surface area contributed by atoms with Crippen LogP contribution in [0, 0.1) is 0 Å². The second-order valence-electron chi connectivity index (χ2n) is 4.74. The molecular weight excluding hydrogens is 266 g/mol. The summed E-state index contributed by atoms with van der Waals surface area (Å²) in [5.41, 5.74) is -1.29. The van der Waals surface area contributed by atoms with Gasteiger partial charge in [0, 0.05) is 27.3 Å². The Morgan fingerprint density at radius 2 is 1.50 bits per heavy atom. The van der Waals surface area contributed by atoms with Crippen LogP contribution in [0.4, 0.5) is 0 Å². The van der Waals surface area contributed by atoms with Crippen LogP contribution >= 0.6 is 0 Å². The van der Waals surface area contributed by atoms with Crippen LogP contribution in [0.2, 0.25) is 0 Å². The number of rotatable bonds is 10. The highest BCUT2D eigenvalue weighted by Gasteiger charge is 2.33. The maximum absolute atomic E-state index is 11.9. The molecule has 0 spiro atoms. The molecule has 0 bridgehead atoms. The minimum atomic E-state index is -1.29. The van der Waals surface area contributed by atoms with Crippen molar-refractivity contribution in [2.45, 2.75) is 19.4 Å². The summed E-state index contributed by atoms with van der Waals surface area (Å²) in [6.07, 6.45) is 0. The van der Waals surface area contributed by atoms with Crippen molar-refractivity contribution in [1.82, 2.24) is 4.90 Å². The third-order valence-corrected chi connectivity index (χ3v) is 2.62. The van der Waals surface area contributed by atoms with E-state index in [0.29, 0.717) is 26.3 Å². The van der Waals surface area contributed by atoms with Gasteiger partial charge in [-0.1, -0.05) is 0 Å². The molecule has 0 saturated carbocycles. The van der Waals surface area contributed by atoms with Gasteiger partial charge in [0.15, 0.2) is 0 Å². The van der Waals surface area contributed by atoms with Gasteiger partial charge in [0.1, 0.15) is 0 Å². The Hall–Kier alpha value is -1.18. The van der Waals surface area contributed by atoms with E-state index in [2.05, 4.69) is 4.74 Å². The first-order valence-corrected chi connectivity index (χ1v) is 6.37. The number of nitrogens with zero attached hydrogens (tertiary/aromatic N) is 1. The van der Waals surface area contributed by atoms with E-state index in [4.69, 9.17) is 14.2 Å². The van der Waals surface area contributed by atoms with Crippen molar-refractivity contribution >= 4 is 11.9 Å². The number of carbonyl (C=O) groups excluding carboxylic acids is 2. The zero-order valence-electron chi connectivity index (χ0n) is 12.9. The van der Waals surface area contributed by atoms with Crippen molar-refractivity contribution in [3.8, 4) is 0 Å². The Morgan fingerprint density at radius 1 is 1.00 bits per heavy atom. The third-order valence-electron chi connectivity index (χ3n) is 2.62. The predicted octanol–water partition coefficient (Wildman–Crippen LogP) is 0.0760. The van der Waals surface area contributed by atoms with Crippen molar-refractivity contribution in [3.05, 3.63) is 0 Å². The second kappa shape index (κ2) is 9.68. The van der Waals surface area contributed by atoms with Crippen molar-refractivity contribution in [2.24, 2.45) is 0 Å². The lowest BCUT2D eigenvalue weighted by Gasteiger charge is -2.25. The summed E-state index contributed by atoms with van der Waals surface area (Å²) in [4.78, 5) is 25.1. The van der Waals surface area contributed by atoms with E-state index in [0.717, 1.165) is 0 Å². The van der Waals surface area contributed by atoms with Gasteiger partial charge >= 0.3 is 11.9 Å². The molecule has 118 valence electrons. The third kappa shape index (κ3) is 7.42. The van der Waals surface area contributed by atoms with Crippen molar-refractivity contribution in [2.75, 3.05) is 54.2 Å². The molecule has 0 aliphatic carbocycles. The number of methoxy groups -OCH3 is 3. The Kier molecular flexibility index (Phi) is 9.11. The van der Waals surface area contributed by atoms with Crippen LogP contribution < -0.4 is 0 Å². The van der Waals surface area contributed by atoms with Gasteiger partial charge in [0.05, 0.1) is 26.9 Å². The van der Waals surface area contributed by atoms with Crippen LogP contribution in [-0.4, -0.2) is 76.6 Å². The number of esters is 2. The first-order chi connectivity index (χ1) is 9.37. The molecule has 0 aromatic carbocycles. The molecule has 0 aliphatic heterocycles. The maximum Gasteiger partial charge on any atom is 0.349 e. The fourth-order valence-corrected chi connectivity index (χ4v) is 1.50. The van der Waals surface area contributed by atoms with Gasteiger partial charge < -0.3 is 18.9 Å². The molecule has 7 heteroatoms. The second-order valence-corrected chi connectivity index (χ2v) is 4.74. The van der Waals surface area contributed by atoms with Gasteiger partial charge in [0.25, 0.3) is 0 Å². The van der Waals surface area contributed by atoms with Crippen LogP contribution in [0.25, 0.3) is 0 Å². The van der Waals surface area contributed by atoms with E-state index in [1.165, 1.54) is 21.0 Å². The lowest BCUT2D eigenvalue weighted by Crippen LogP contribution is -2.42. The molecule has 0 unspecified atom stereocenters. The molecule has 0 atom stereocenters. The van der Waals surface area contributed by atoms with E-state index in [1.807, 2.05) is 4.90 Å². The molecule has 0 N–H and O–H groups in total. The average molecular weight is 291 g/mol. The van der Waals surface area contributed by atoms with Gasteiger partial charge in [0.2, 0.25) is 5.60 Å². The zero-order valence-corrected chi connectivity index (χ0v) is 12.9. The molecule has 20 heavy (non-hydrogen) atoms. The highest BCUT2D eigenvalue weighted by atomic mass is 16.6. The Bertz CT molecular complexity index is 297. The summed E-state index contributed by atoms with van der Waals surface area (Å²) in [7, 11) is 4.43. The quantitative estimate of drug-likeness (QED) is 0.527. The molecule has 0 aliphatic rings. The molecule has 0 heterocycles. The van der Waals surface area contributed by atoms with Gasteiger partial charge in [-0.2, -0.15) is 0 Å². The Morgan fingerprint density at radius 3 is 1.90 bits per heavy atom. The lowest BCUT2D eigenvalue weighted by atomic mass is 10.1. The number of carbonyl (C=O) groups is 2. The van der Waals surface area contributed by atoms with Crippen LogP contribution in [0.5, 0.6) is 0 Å². The highest BCUT2D eigenvalue weighted by Crippen LogP contribution is 2.11. The summed E-state index contributed by atoms with van der Waals surface area (Å²) >= 11 is 0. The molecule has 0 aromatic heterocycles. The SMILES string of the molecule is COCCN(CCOC)CC(=O)OC(C)(C)C(=O)OC. The summed E-state index contributed by atoms with van der Waals surface area (Å²) in [5.74, 6) is -1.08. The van der Waals surface area contributed by atoms with Crippen LogP contribution in [0.1, 0.15) is 13.8 Å². The van der Waals surface area contributed by atoms with Gasteiger partial charge in [-0.3, -0.25) is 9.69 Å². The van der Waals surface area contributed by atoms with Gasteiger partial charge in [-0.25, -0.2) is 4.79 Å². The summed E-state index contributed by atoms with van der Waals surface area (Å²) in [6, 6.07) is 0. The van der Waals surface area contributed by atoms with Crippen molar-refractivity contribution in [1.29, 1.82) is 0 Å². The van der Waals surface area contributed by atoms with Crippen molar-refractivity contribution in [3.63, 3.8) is 0 Å². The zero-order chi connectivity index (χ0) is 15.6. The molecule has 0 saturated heterocycles. The minimum Gasteiger partial charge on any atom is -0.466 e. The topological polar surface area (TPSA) is 74.3 Å². The van der Waals surface area contributed by atoms with Crippen LogP contribution in [0.3, 0.4) is 0 Å². The Labute approximate surface area is 120 Å². The first kappa shape index (κ1) is 18.8. The number of hydrogen-bond acceptors (Lipinski definition) is 7. The first-order valence-electron chi connectivity index (χ1n) is 6.37. The minimum absolute atomic E-state index is 0.0626. The summed E-state index contributed by atoms with van der Waals surface area (Å²) in [5, 5.41) is 0. The Balaban J connectivity index is 4.39. The predicted molar refractivity (Wildman–Crippen MR) is 72.4 cm³/mol. The number of ether oxygens (including phenoxy) is 4. The molecule has 0 fully saturated rings. The standard InChI is InChI=1S/C13H25NO6/c1-13(2,12(16)19-5)20-11(15)10-14(6-8-17-3)7-9-18-4/h6-10H2,1-5H3. The fraction of sp³-hybridized carbons (Fsp3) is 0.846. The van der Waals surface area contributed by atoms with E-state index in [1.54, 1.807) is 14.2 Å². The number of hydrogen-bond donors (Lipinski definition) is 0. The maximum atomic E-state index is 11.9. The molecule has 0 aromatic rings. The fourth-order valence-electron chi connectivity index (χ4n) is 1.50. The van der Waals surface area contributed by atoms with Gasteiger partial charge in [-0.05, 0) is 13.8 Å². The van der Waals surface area contributed by atoms with Crippen LogP contribution in [-0.2, 0) is 28.5 Å². The normalized spacial score (nSPS) is 11.5. The highest BCUT2D eigenvalue weighted by molar-refractivity contribution is 5.83. The van der Waals surface area contributed by atoms with Crippen molar-refractivity contribution < 1.29 is 28.5 Å².